The van der Waals surface area contributed by atoms with Crippen LogP contribution in [-0.2, 0) is 28.4 Å². The van der Waals surface area contributed by atoms with Crippen LogP contribution in [0.15, 0.2) is 48.4 Å². The number of cyclic esters (lactones) is 1. The Hall–Kier alpha value is -3.14. The molecule has 168 valence electrons. The highest BCUT2D eigenvalue weighted by molar-refractivity contribution is 6.31. The lowest BCUT2D eigenvalue weighted by Gasteiger charge is -2.17. The molecule has 0 fully saturated rings. The third kappa shape index (κ3) is 3.90. The first-order valence-electron chi connectivity index (χ1n) is 9.01. The van der Waals surface area contributed by atoms with E-state index in [0.29, 0.717) is 27.6 Å². The van der Waals surface area contributed by atoms with Gasteiger partial charge in [0.2, 0.25) is 5.76 Å². The smallest absolute Gasteiger partial charge is 0.416 e. The van der Waals surface area contributed by atoms with Crippen molar-refractivity contribution in [2.24, 2.45) is 0 Å². The molecule has 4 rings (SSSR count). The van der Waals surface area contributed by atoms with Gasteiger partial charge in [-0.15, -0.1) is 0 Å². The lowest BCUT2D eigenvalue weighted by molar-refractivity contribution is -0.143. The van der Waals surface area contributed by atoms with Crippen molar-refractivity contribution in [1.82, 2.24) is 4.57 Å². The van der Waals surface area contributed by atoms with E-state index in [-0.39, 0.29) is 23.8 Å². The molecule has 0 aliphatic carbocycles. The fourth-order valence-corrected chi connectivity index (χ4v) is 3.75. The number of esters is 1. The Morgan fingerprint density at radius 3 is 2.34 bits per heavy atom. The maximum atomic E-state index is 13.5. The number of hydrogen-bond acceptors (Lipinski definition) is 3. The molecule has 0 amide bonds. The molecule has 2 aromatic carbocycles. The number of benzene rings is 2. The van der Waals surface area contributed by atoms with Gasteiger partial charge in [0.05, 0.1) is 11.1 Å². The Balaban J connectivity index is 1.87. The number of aliphatic hydroxyl groups is 1. The quantitative estimate of drug-likeness (QED) is 0.362. The van der Waals surface area contributed by atoms with Gasteiger partial charge in [0.25, 0.3) is 0 Å². The monoisotopic (exact) mass is 475 g/mol. The Kier molecular flexibility index (Phi) is 5.15. The summed E-state index contributed by atoms with van der Waals surface area (Å²) in [6.45, 7) is -0.668. The Morgan fingerprint density at radius 1 is 1.03 bits per heavy atom. The third-order valence-electron chi connectivity index (χ3n) is 5.08. The fraction of sp³-hybridized carbons (Fsp3) is 0.190. The van der Waals surface area contributed by atoms with Crippen molar-refractivity contribution in [2.45, 2.75) is 18.9 Å². The summed E-state index contributed by atoms with van der Waals surface area (Å²) in [5, 5.41) is 10.7. The summed E-state index contributed by atoms with van der Waals surface area (Å²) in [4.78, 5) is 11.5. The van der Waals surface area contributed by atoms with E-state index in [1.54, 1.807) is 0 Å². The molecule has 0 saturated carbocycles. The summed E-state index contributed by atoms with van der Waals surface area (Å²) in [6.07, 6.45) is -8.55. The summed E-state index contributed by atoms with van der Waals surface area (Å²) in [5.74, 6) is -1.57. The van der Waals surface area contributed by atoms with Crippen LogP contribution in [0.25, 0.3) is 16.5 Å². The lowest BCUT2D eigenvalue weighted by Crippen LogP contribution is -2.15. The number of fused-ring (bicyclic) bond motifs is 1. The maximum Gasteiger partial charge on any atom is 0.416 e. The summed E-state index contributed by atoms with van der Waals surface area (Å²) >= 11 is 6.04. The number of halogens is 7. The zero-order chi connectivity index (χ0) is 23.4. The average molecular weight is 476 g/mol. The number of ether oxygens (including phenoxy) is 1. The van der Waals surface area contributed by atoms with E-state index in [1.165, 1.54) is 29.0 Å². The molecule has 1 aliphatic rings. The molecule has 4 nitrogen and oxygen atoms in total. The van der Waals surface area contributed by atoms with Gasteiger partial charge in [-0.3, -0.25) is 0 Å². The topological polar surface area (TPSA) is 51.5 Å². The Bertz CT molecular complexity index is 1270. The number of carbonyl (C=O) groups is 1. The lowest BCUT2D eigenvalue weighted by atomic mass is 10.0. The van der Waals surface area contributed by atoms with Gasteiger partial charge in [0.1, 0.15) is 6.61 Å². The van der Waals surface area contributed by atoms with Crippen LogP contribution in [0.4, 0.5) is 26.3 Å². The number of alkyl halides is 6. The Morgan fingerprint density at radius 2 is 1.75 bits per heavy atom. The van der Waals surface area contributed by atoms with Crippen LogP contribution in [0, 0.1) is 0 Å². The fourth-order valence-electron chi connectivity index (χ4n) is 3.58. The van der Waals surface area contributed by atoms with Crippen molar-refractivity contribution in [1.29, 1.82) is 0 Å². The first kappa shape index (κ1) is 22.1. The number of rotatable bonds is 3. The van der Waals surface area contributed by atoms with Gasteiger partial charge in [-0.05, 0) is 35.9 Å². The first-order valence-corrected chi connectivity index (χ1v) is 9.39. The van der Waals surface area contributed by atoms with E-state index in [4.69, 9.17) is 16.3 Å². The van der Waals surface area contributed by atoms with Crippen molar-refractivity contribution in [3.8, 4) is 0 Å². The van der Waals surface area contributed by atoms with Gasteiger partial charge < -0.3 is 14.4 Å². The molecule has 1 N–H and O–H groups in total. The molecule has 0 unspecified atom stereocenters. The molecule has 32 heavy (non-hydrogen) atoms. The second-order valence-electron chi connectivity index (χ2n) is 7.10. The van der Waals surface area contributed by atoms with Crippen LogP contribution >= 0.6 is 11.6 Å². The second-order valence-corrected chi connectivity index (χ2v) is 7.54. The summed E-state index contributed by atoms with van der Waals surface area (Å²) in [6, 6.07) is 5.97. The van der Waals surface area contributed by atoms with Crippen LogP contribution < -0.4 is 0 Å². The minimum atomic E-state index is -5.02. The van der Waals surface area contributed by atoms with Crippen LogP contribution in [0.3, 0.4) is 0 Å². The highest BCUT2D eigenvalue weighted by Crippen LogP contribution is 2.39. The van der Waals surface area contributed by atoms with E-state index in [2.05, 4.69) is 0 Å². The SMILES string of the molecule is O=C1OCC(c2cn(Cc3ccc(C(F)(F)F)cc3C(F)(F)F)c3ccc(Cl)cc23)=C1O. The molecule has 0 spiro atoms. The summed E-state index contributed by atoms with van der Waals surface area (Å²) < 4.78 is 85.6. The molecule has 0 atom stereocenters. The minimum Gasteiger partial charge on any atom is -0.502 e. The van der Waals surface area contributed by atoms with Crippen LogP contribution in [0.2, 0.25) is 5.02 Å². The van der Waals surface area contributed by atoms with Gasteiger partial charge in [0, 0.05) is 39.8 Å². The van der Waals surface area contributed by atoms with Crippen LogP contribution in [-0.4, -0.2) is 22.2 Å². The normalized spacial score (nSPS) is 15.0. The van der Waals surface area contributed by atoms with Crippen molar-refractivity contribution < 1.29 is 41.0 Å². The molecule has 3 aromatic rings. The largest absolute Gasteiger partial charge is 0.502 e. The Labute approximate surface area is 181 Å². The highest BCUT2D eigenvalue weighted by Gasteiger charge is 2.38. The number of carbonyl (C=O) groups excluding carboxylic acids is 1. The number of nitrogens with zero attached hydrogens (tertiary/aromatic N) is 1. The summed E-state index contributed by atoms with van der Waals surface area (Å²) in [7, 11) is 0. The van der Waals surface area contributed by atoms with Gasteiger partial charge in [0.15, 0.2) is 0 Å². The minimum absolute atomic E-state index is 0.0800. The van der Waals surface area contributed by atoms with Crippen molar-refractivity contribution in [2.75, 3.05) is 6.61 Å². The number of aromatic nitrogens is 1. The maximum absolute atomic E-state index is 13.5. The zero-order valence-electron chi connectivity index (χ0n) is 15.8. The molecule has 0 bridgehead atoms. The van der Waals surface area contributed by atoms with Gasteiger partial charge in [-0.1, -0.05) is 17.7 Å². The first-order chi connectivity index (χ1) is 14.9. The number of aliphatic hydroxyl groups excluding tert-OH is 1. The predicted molar refractivity (Wildman–Crippen MR) is 103 cm³/mol. The van der Waals surface area contributed by atoms with Crippen LogP contribution in [0.5, 0.6) is 0 Å². The van der Waals surface area contributed by atoms with E-state index in [9.17, 15) is 36.2 Å². The predicted octanol–water partition coefficient (Wildman–Crippen LogP) is 6.21. The molecular weight excluding hydrogens is 464 g/mol. The van der Waals surface area contributed by atoms with E-state index >= 15 is 0 Å². The third-order valence-corrected chi connectivity index (χ3v) is 5.31. The standard InChI is InChI=1S/C21H12ClF6NO3/c22-12-3-4-17-13(6-12)14(15-9-32-19(31)18(15)30)8-29(17)7-10-1-2-11(20(23,24)25)5-16(10)21(26,27)28/h1-6,8,30H,7,9H2. The molecule has 2 heterocycles. The van der Waals surface area contributed by atoms with Crippen molar-refractivity contribution >= 4 is 34.0 Å². The molecule has 0 saturated heterocycles. The van der Waals surface area contributed by atoms with E-state index in [0.717, 1.165) is 6.07 Å². The van der Waals surface area contributed by atoms with Gasteiger partial charge >= 0.3 is 18.3 Å². The highest BCUT2D eigenvalue weighted by atomic mass is 35.5. The molecule has 1 aliphatic heterocycles. The zero-order valence-corrected chi connectivity index (χ0v) is 16.6. The van der Waals surface area contributed by atoms with E-state index < -0.39 is 41.8 Å². The van der Waals surface area contributed by atoms with E-state index in [1.807, 2.05) is 0 Å². The van der Waals surface area contributed by atoms with Gasteiger partial charge in [-0.2, -0.15) is 26.3 Å². The molecular formula is C21H12ClF6NO3. The molecule has 0 radical (unpaired) electrons. The second kappa shape index (κ2) is 7.47. The number of hydrogen-bond donors (Lipinski definition) is 1. The molecule has 1 aromatic heterocycles. The van der Waals surface area contributed by atoms with Crippen molar-refractivity contribution in [3.05, 3.63) is 75.6 Å². The van der Waals surface area contributed by atoms with Crippen LogP contribution in [0.1, 0.15) is 22.3 Å². The van der Waals surface area contributed by atoms with Gasteiger partial charge in [-0.25, -0.2) is 4.79 Å². The summed E-state index contributed by atoms with van der Waals surface area (Å²) in [5.41, 5.74) is -2.37. The average Bonchev–Trinajstić information content (AvgIpc) is 3.20. The van der Waals surface area contributed by atoms with Crippen molar-refractivity contribution in [3.63, 3.8) is 0 Å². The molecule has 11 heteroatoms.